The van der Waals surface area contributed by atoms with Crippen LogP contribution in [-0.2, 0) is 0 Å². The number of para-hydroxylation sites is 2. The van der Waals surface area contributed by atoms with Crippen LogP contribution < -0.4 is 4.90 Å². The first kappa shape index (κ1) is 26.0. The predicted octanol–water partition coefficient (Wildman–Crippen LogP) is 12.9. The van der Waals surface area contributed by atoms with E-state index in [2.05, 4.69) is 150 Å². The van der Waals surface area contributed by atoms with Gasteiger partial charge in [-0.25, -0.2) is 0 Å². The van der Waals surface area contributed by atoms with Crippen LogP contribution in [-0.4, -0.2) is 0 Å². The molecule has 8 aromatic carbocycles. The van der Waals surface area contributed by atoms with Crippen molar-refractivity contribution >= 4 is 82.5 Å². The van der Waals surface area contributed by atoms with E-state index in [9.17, 15) is 0 Å². The summed E-state index contributed by atoms with van der Waals surface area (Å²) in [4.78, 5) is 2.37. The van der Waals surface area contributed by atoms with Crippen molar-refractivity contribution in [1.29, 1.82) is 0 Å². The van der Waals surface area contributed by atoms with Crippen molar-refractivity contribution in [2.75, 3.05) is 4.90 Å². The highest BCUT2D eigenvalue weighted by Gasteiger charge is 2.24. The van der Waals surface area contributed by atoms with Crippen molar-refractivity contribution in [2.24, 2.45) is 0 Å². The summed E-state index contributed by atoms with van der Waals surface area (Å²) in [5.74, 6) is 0. The number of anilines is 3. The standard InChI is InChI=1S/C44H27NO2/c1-2-12-28(13-3-1)32-23-24-38(44-43(32)36-19-9-11-21-41(36)47-44)45(30-22-25-42-37(27-30)35-18-8-10-20-40(35)46-42)39-26-29-14-4-5-15-31(29)33-16-6-7-17-34(33)39/h1-27H. The van der Waals surface area contributed by atoms with Crippen molar-refractivity contribution in [3.05, 3.63) is 164 Å². The summed E-state index contributed by atoms with van der Waals surface area (Å²) in [7, 11) is 0. The second-order valence-electron chi connectivity index (χ2n) is 12.1. The largest absolute Gasteiger partial charge is 0.456 e. The number of fused-ring (bicyclic) bond motifs is 9. The molecule has 2 aromatic heterocycles. The van der Waals surface area contributed by atoms with E-state index in [0.29, 0.717) is 0 Å². The van der Waals surface area contributed by atoms with E-state index in [1.165, 1.54) is 21.5 Å². The fourth-order valence-corrected chi connectivity index (χ4v) is 7.33. The third kappa shape index (κ3) is 3.93. The molecule has 10 rings (SSSR count). The molecule has 0 aliphatic heterocycles. The highest BCUT2D eigenvalue weighted by Crippen LogP contribution is 2.48. The average Bonchev–Trinajstić information content (AvgIpc) is 3.71. The minimum atomic E-state index is 0.849. The Bertz CT molecular complexity index is 2810. The van der Waals surface area contributed by atoms with Crippen molar-refractivity contribution in [2.45, 2.75) is 0 Å². The fourth-order valence-electron chi connectivity index (χ4n) is 7.33. The zero-order valence-electron chi connectivity index (χ0n) is 25.4. The molecular weight excluding hydrogens is 574 g/mol. The monoisotopic (exact) mass is 601 g/mol. The van der Waals surface area contributed by atoms with Crippen LogP contribution in [0.3, 0.4) is 0 Å². The quantitative estimate of drug-likeness (QED) is 0.188. The van der Waals surface area contributed by atoms with E-state index in [0.717, 1.165) is 72.1 Å². The fraction of sp³-hybridized carbons (Fsp3) is 0. The van der Waals surface area contributed by atoms with Crippen molar-refractivity contribution in [3.63, 3.8) is 0 Å². The Balaban J connectivity index is 1.35. The zero-order valence-corrected chi connectivity index (χ0v) is 25.4. The Morgan fingerprint density at radius 1 is 0.383 bits per heavy atom. The van der Waals surface area contributed by atoms with Gasteiger partial charge in [0.15, 0.2) is 5.58 Å². The molecule has 47 heavy (non-hydrogen) atoms. The lowest BCUT2D eigenvalue weighted by Crippen LogP contribution is -2.11. The van der Waals surface area contributed by atoms with Gasteiger partial charge in [-0.2, -0.15) is 0 Å². The van der Waals surface area contributed by atoms with Crippen LogP contribution >= 0.6 is 0 Å². The molecule has 0 unspecified atom stereocenters. The first-order valence-corrected chi connectivity index (χ1v) is 15.9. The number of nitrogens with zero attached hydrogens (tertiary/aromatic N) is 1. The van der Waals surface area contributed by atoms with Crippen molar-refractivity contribution in [1.82, 2.24) is 0 Å². The molecule has 0 fully saturated rings. The highest BCUT2D eigenvalue weighted by atomic mass is 16.3. The molecule has 0 bridgehead atoms. The number of hydrogen-bond donors (Lipinski definition) is 0. The van der Waals surface area contributed by atoms with E-state index in [1.807, 2.05) is 18.2 Å². The smallest absolute Gasteiger partial charge is 0.160 e. The molecule has 0 radical (unpaired) electrons. The molecule has 3 nitrogen and oxygen atoms in total. The number of benzene rings is 8. The average molecular weight is 602 g/mol. The van der Waals surface area contributed by atoms with E-state index in [-0.39, 0.29) is 0 Å². The first-order chi connectivity index (χ1) is 23.3. The van der Waals surface area contributed by atoms with Gasteiger partial charge in [0.05, 0.1) is 11.4 Å². The molecule has 220 valence electrons. The van der Waals surface area contributed by atoms with Gasteiger partial charge in [-0.3, -0.25) is 0 Å². The molecule has 10 aromatic rings. The Morgan fingerprint density at radius 3 is 1.85 bits per heavy atom. The molecule has 0 saturated heterocycles. The van der Waals surface area contributed by atoms with Crippen LogP contribution in [0.4, 0.5) is 17.1 Å². The predicted molar refractivity (Wildman–Crippen MR) is 196 cm³/mol. The van der Waals surface area contributed by atoms with Gasteiger partial charge >= 0.3 is 0 Å². The van der Waals surface area contributed by atoms with Crippen LogP contribution in [0.2, 0.25) is 0 Å². The van der Waals surface area contributed by atoms with E-state index in [1.54, 1.807) is 0 Å². The van der Waals surface area contributed by atoms with Gasteiger partial charge < -0.3 is 13.7 Å². The Kier molecular flexibility index (Phi) is 5.57. The van der Waals surface area contributed by atoms with Crippen LogP contribution in [0.1, 0.15) is 0 Å². The maximum atomic E-state index is 6.85. The van der Waals surface area contributed by atoms with Gasteiger partial charge in [0.25, 0.3) is 0 Å². The normalized spacial score (nSPS) is 11.8. The number of furan rings is 2. The molecule has 0 saturated carbocycles. The summed E-state index contributed by atoms with van der Waals surface area (Å²) in [6.07, 6.45) is 0. The summed E-state index contributed by atoms with van der Waals surface area (Å²) < 4.78 is 13.1. The molecule has 3 heteroatoms. The van der Waals surface area contributed by atoms with E-state index >= 15 is 0 Å². The van der Waals surface area contributed by atoms with Gasteiger partial charge in [-0.15, -0.1) is 0 Å². The molecule has 0 N–H and O–H groups in total. The summed E-state index contributed by atoms with van der Waals surface area (Å²) >= 11 is 0. The Hall–Kier alpha value is -6.32. The molecule has 0 aliphatic rings. The summed E-state index contributed by atoms with van der Waals surface area (Å²) in [6.45, 7) is 0. The second kappa shape index (κ2) is 10.1. The van der Waals surface area contributed by atoms with Crippen LogP contribution in [0.25, 0.3) is 76.5 Å². The molecule has 0 spiro atoms. The van der Waals surface area contributed by atoms with Gasteiger partial charge in [-0.05, 0) is 69.8 Å². The lowest BCUT2D eigenvalue weighted by molar-refractivity contribution is 0.669. The summed E-state index contributed by atoms with van der Waals surface area (Å²) in [6, 6.07) is 57.8. The third-order valence-electron chi connectivity index (χ3n) is 9.44. The molecule has 0 aliphatic carbocycles. The minimum absolute atomic E-state index is 0.849. The van der Waals surface area contributed by atoms with Gasteiger partial charge in [-0.1, -0.05) is 121 Å². The molecule has 2 heterocycles. The molecular formula is C44H27NO2. The topological polar surface area (TPSA) is 29.5 Å². The lowest BCUT2D eigenvalue weighted by atomic mass is 9.96. The zero-order chi connectivity index (χ0) is 30.9. The number of rotatable bonds is 4. The summed E-state index contributed by atoms with van der Waals surface area (Å²) in [5.41, 5.74) is 8.86. The van der Waals surface area contributed by atoms with Gasteiger partial charge in [0.2, 0.25) is 0 Å². The molecule has 0 amide bonds. The Labute approximate surface area is 270 Å². The van der Waals surface area contributed by atoms with Crippen LogP contribution in [0.15, 0.2) is 173 Å². The number of hydrogen-bond acceptors (Lipinski definition) is 3. The first-order valence-electron chi connectivity index (χ1n) is 15.9. The van der Waals surface area contributed by atoms with Crippen LogP contribution in [0.5, 0.6) is 0 Å². The SMILES string of the molecule is c1ccc(-c2ccc(N(c3ccc4oc5ccccc5c4c3)c3cc4ccccc4c4ccccc34)c3oc4ccccc4c23)cc1. The lowest BCUT2D eigenvalue weighted by Gasteiger charge is -2.28. The maximum Gasteiger partial charge on any atom is 0.160 e. The second-order valence-corrected chi connectivity index (χ2v) is 12.1. The van der Waals surface area contributed by atoms with Crippen molar-refractivity contribution in [3.8, 4) is 11.1 Å². The maximum absolute atomic E-state index is 6.85. The summed E-state index contributed by atoms with van der Waals surface area (Å²) in [5, 5.41) is 9.18. The third-order valence-corrected chi connectivity index (χ3v) is 9.44. The van der Waals surface area contributed by atoms with Crippen molar-refractivity contribution < 1.29 is 8.83 Å². The van der Waals surface area contributed by atoms with E-state index in [4.69, 9.17) is 8.83 Å². The van der Waals surface area contributed by atoms with E-state index < -0.39 is 0 Å². The minimum Gasteiger partial charge on any atom is -0.456 e. The molecule has 0 atom stereocenters. The van der Waals surface area contributed by atoms with Crippen LogP contribution in [0, 0.1) is 0 Å². The highest BCUT2D eigenvalue weighted by molar-refractivity contribution is 6.20. The Morgan fingerprint density at radius 2 is 1.02 bits per heavy atom. The van der Waals surface area contributed by atoms with Gasteiger partial charge in [0, 0.05) is 32.6 Å². The van der Waals surface area contributed by atoms with Gasteiger partial charge in [0.1, 0.15) is 16.7 Å².